The summed E-state index contributed by atoms with van der Waals surface area (Å²) in [6.07, 6.45) is 0. The van der Waals surface area contributed by atoms with E-state index in [9.17, 15) is 0 Å². The van der Waals surface area contributed by atoms with E-state index in [0.29, 0.717) is 10.9 Å². The Morgan fingerprint density at radius 2 is 2.05 bits per heavy atom. The lowest BCUT2D eigenvalue weighted by Gasteiger charge is -2.33. The maximum Gasteiger partial charge on any atom is 0.0468 e. The summed E-state index contributed by atoms with van der Waals surface area (Å²) in [4.78, 5) is 3.52. The molecule has 1 atom stereocenters. The van der Waals surface area contributed by atoms with Crippen molar-refractivity contribution < 1.29 is 0 Å². The van der Waals surface area contributed by atoms with Gasteiger partial charge in [-0.1, -0.05) is 35.3 Å². The molecule has 116 valence electrons. The second-order valence-corrected chi connectivity index (χ2v) is 7.51. The molecule has 1 aliphatic rings. The molecule has 1 N–H and O–H groups in total. The minimum absolute atomic E-state index is 0.294. The molecule has 2 aromatic rings. The topological polar surface area (TPSA) is 15.3 Å². The Morgan fingerprint density at radius 1 is 1.23 bits per heavy atom. The molecule has 0 saturated carbocycles. The summed E-state index contributed by atoms with van der Waals surface area (Å²) in [6, 6.07) is 12.5. The van der Waals surface area contributed by atoms with Crippen LogP contribution >= 0.6 is 35.1 Å². The van der Waals surface area contributed by atoms with E-state index in [1.165, 1.54) is 21.6 Å². The van der Waals surface area contributed by atoms with Gasteiger partial charge in [0.05, 0.1) is 0 Å². The van der Waals surface area contributed by atoms with Crippen LogP contribution in [-0.2, 0) is 6.54 Å². The van der Waals surface area contributed by atoms with Crippen molar-refractivity contribution >= 4 is 35.1 Å². The SMILES string of the molecule is CNSc1cccc(C2CN(C)Cc3c(Cl)cc(Cl)cc32)c1. The van der Waals surface area contributed by atoms with Gasteiger partial charge in [-0.3, -0.25) is 4.72 Å². The Balaban J connectivity index is 2.07. The maximum absolute atomic E-state index is 6.42. The van der Waals surface area contributed by atoms with Crippen molar-refractivity contribution in [3.05, 3.63) is 63.1 Å². The molecule has 1 aliphatic heterocycles. The highest BCUT2D eigenvalue weighted by molar-refractivity contribution is 7.97. The summed E-state index contributed by atoms with van der Waals surface area (Å²) in [5, 5.41) is 1.47. The Labute approximate surface area is 145 Å². The molecule has 0 aliphatic carbocycles. The number of hydrogen-bond acceptors (Lipinski definition) is 3. The molecule has 3 rings (SSSR count). The first kappa shape index (κ1) is 16.2. The van der Waals surface area contributed by atoms with E-state index in [-0.39, 0.29) is 0 Å². The van der Waals surface area contributed by atoms with Gasteiger partial charge in [0.1, 0.15) is 0 Å². The second-order valence-electron chi connectivity index (χ2n) is 5.58. The van der Waals surface area contributed by atoms with Gasteiger partial charge >= 0.3 is 0 Å². The summed E-state index contributed by atoms with van der Waals surface area (Å²) in [6.45, 7) is 1.84. The van der Waals surface area contributed by atoms with Crippen molar-refractivity contribution in [2.45, 2.75) is 17.4 Å². The predicted octanol–water partition coefficient (Wildman–Crippen LogP) is 4.80. The van der Waals surface area contributed by atoms with E-state index in [1.807, 2.05) is 13.1 Å². The fourth-order valence-corrected chi connectivity index (χ4v) is 4.19. The van der Waals surface area contributed by atoms with Gasteiger partial charge in [0, 0.05) is 33.9 Å². The number of hydrogen-bond donors (Lipinski definition) is 1. The molecule has 1 unspecified atom stereocenters. The van der Waals surface area contributed by atoms with Crippen molar-refractivity contribution in [3.8, 4) is 0 Å². The van der Waals surface area contributed by atoms with Crippen LogP contribution in [0.1, 0.15) is 22.6 Å². The molecule has 1 heterocycles. The average Bonchev–Trinajstić information content (AvgIpc) is 2.48. The molecule has 0 fully saturated rings. The lowest BCUT2D eigenvalue weighted by molar-refractivity contribution is 0.295. The predicted molar refractivity (Wildman–Crippen MR) is 96.0 cm³/mol. The second kappa shape index (κ2) is 6.81. The van der Waals surface area contributed by atoms with E-state index in [2.05, 4.69) is 47.0 Å². The zero-order chi connectivity index (χ0) is 15.7. The third kappa shape index (κ3) is 3.29. The van der Waals surface area contributed by atoms with Crippen LogP contribution in [0.4, 0.5) is 0 Å². The van der Waals surface area contributed by atoms with E-state index >= 15 is 0 Å². The minimum Gasteiger partial charge on any atom is -0.301 e. The molecular weight excluding hydrogens is 335 g/mol. The molecule has 5 heteroatoms. The Morgan fingerprint density at radius 3 is 2.82 bits per heavy atom. The highest BCUT2D eigenvalue weighted by atomic mass is 35.5. The number of rotatable bonds is 3. The van der Waals surface area contributed by atoms with E-state index < -0.39 is 0 Å². The quantitative estimate of drug-likeness (QED) is 0.798. The largest absolute Gasteiger partial charge is 0.301 e. The highest BCUT2D eigenvalue weighted by Crippen LogP contribution is 2.38. The summed E-state index contributed by atoms with van der Waals surface area (Å²) >= 11 is 14.3. The van der Waals surface area contributed by atoms with Gasteiger partial charge in [0.25, 0.3) is 0 Å². The van der Waals surface area contributed by atoms with Crippen LogP contribution in [-0.4, -0.2) is 25.5 Å². The maximum atomic E-state index is 6.42. The first-order valence-corrected chi connectivity index (χ1v) is 8.75. The van der Waals surface area contributed by atoms with Crippen molar-refractivity contribution in [1.82, 2.24) is 9.62 Å². The molecule has 22 heavy (non-hydrogen) atoms. The normalized spacial score (nSPS) is 18.3. The van der Waals surface area contributed by atoms with E-state index in [0.717, 1.165) is 18.1 Å². The van der Waals surface area contributed by atoms with Crippen molar-refractivity contribution in [2.24, 2.45) is 0 Å². The van der Waals surface area contributed by atoms with Crippen LogP contribution in [0.5, 0.6) is 0 Å². The van der Waals surface area contributed by atoms with E-state index in [1.54, 1.807) is 11.9 Å². The van der Waals surface area contributed by atoms with Crippen molar-refractivity contribution in [2.75, 3.05) is 20.6 Å². The molecule has 2 aromatic carbocycles. The first-order chi connectivity index (χ1) is 10.6. The molecule has 0 saturated heterocycles. The molecular formula is C17H18Cl2N2S. The summed E-state index contributed by atoms with van der Waals surface area (Å²) in [5.41, 5.74) is 3.74. The highest BCUT2D eigenvalue weighted by Gasteiger charge is 2.27. The van der Waals surface area contributed by atoms with Crippen LogP contribution < -0.4 is 4.72 Å². The number of nitrogens with zero attached hydrogens (tertiary/aromatic N) is 1. The lowest BCUT2D eigenvalue weighted by atomic mass is 9.85. The number of nitrogens with one attached hydrogen (secondary N) is 1. The first-order valence-electron chi connectivity index (χ1n) is 7.18. The zero-order valence-electron chi connectivity index (χ0n) is 12.6. The van der Waals surface area contributed by atoms with Crippen LogP contribution in [0.2, 0.25) is 10.0 Å². The molecule has 0 bridgehead atoms. The molecule has 0 amide bonds. The third-order valence-corrected chi connectivity index (χ3v) is 5.22. The molecule has 0 aromatic heterocycles. The smallest absolute Gasteiger partial charge is 0.0468 e. The Kier molecular flexibility index (Phi) is 5.00. The summed E-state index contributed by atoms with van der Waals surface area (Å²) in [5.74, 6) is 0.294. The fraction of sp³-hybridized carbons (Fsp3) is 0.294. The number of halogens is 2. The summed E-state index contributed by atoms with van der Waals surface area (Å²) in [7, 11) is 4.06. The fourth-order valence-electron chi connectivity index (χ4n) is 3.04. The van der Waals surface area contributed by atoms with Crippen LogP contribution in [0, 0.1) is 0 Å². The van der Waals surface area contributed by atoms with E-state index in [4.69, 9.17) is 23.2 Å². The number of fused-ring (bicyclic) bond motifs is 1. The van der Waals surface area contributed by atoms with Crippen molar-refractivity contribution in [1.29, 1.82) is 0 Å². The van der Waals surface area contributed by atoms with Crippen molar-refractivity contribution in [3.63, 3.8) is 0 Å². The third-order valence-electron chi connectivity index (χ3n) is 3.97. The van der Waals surface area contributed by atoms with Gasteiger partial charge in [-0.15, -0.1) is 0 Å². The average molecular weight is 353 g/mol. The minimum atomic E-state index is 0.294. The Hall–Kier alpha value is -0.710. The van der Waals surface area contributed by atoms with Gasteiger partial charge in [-0.2, -0.15) is 0 Å². The molecule has 0 radical (unpaired) electrons. The van der Waals surface area contributed by atoms with Gasteiger partial charge in [-0.25, -0.2) is 0 Å². The molecule has 0 spiro atoms. The lowest BCUT2D eigenvalue weighted by Crippen LogP contribution is -2.31. The van der Waals surface area contributed by atoms with Gasteiger partial charge in [0.2, 0.25) is 0 Å². The van der Waals surface area contributed by atoms with Crippen LogP contribution in [0.25, 0.3) is 0 Å². The number of benzene rings is 2. The van der Waals surface area contributed by atoms with Gasteiger partial charge in [-0.05, 0) is 67.0 Å². The number of likely N-dealkylation sites (N-methyl/N-ethyl adjacent to an activating group) is 1. The van der Waals surface area contributed by atoms with Gasteiger partial charge < -0.3 is 4.90 Å². The Bertz CT molecular complexity index is 690. The summed E-state index contributed by atoms with van der Waals surface area (Å²) < 4.78 is 3.12. The monoisotopic (exact) mass is 352 g/mol. The molecule has 2 nitrogen and oxygen atoms in total. The van der Waals surface area contributed by atoms with Crippen LogP contribution in [0.15, 0.2) is 41.3 Å². The zero-order valence-corrected chi connectivity index (χ0v) is 14.9. The van der Waals surface area contributed by atoms with Gasteiger partial charge in [0.15, 0.2) is 0 Å². The standard InChI is InChI=1S/C17H18Cl2N2S/c1-20-22-13-5-3-4-11(6-13)15-9-21(2)10-16-14(15)7-12(18)8-17(16)19/h3-8,15,20H,9-10H2,1-2H3. The van der Waals surface area contributed by atoms with Crippen LogP contribution in [0.3, 0.4) is 0 Å².